The molecular formula is C24H25BrFNO3. The Labute approximate surface area is 184 Å². The minimum atomic E-state index is -0.579. The molecule has 0 saturated carbocycles. The highest BCUT2D eigenvalue weighted by Gasteiger charge is 2.14. The number of rotatable bonds is 10. The molecule has 2 N–H and O–H groups in total. The normalized spacial score (nSPS) is 11.9. The quantitative estimate of drug-likeness (QED) is 0.414. The Morgan fingerprint density at radius 3 is 2.50 bits per heavy atom. The highest BCUT2D eigenvalue weighted by atomic mass is 79.9. The molecule has 0 spiro atoms. The molecule has 0 fully saturated rings. The molecule has 3 aromatic carbocycles. The average molecular weight is 474 g/mol. The standard InChI is InChI=1S/C24H25BrFNO3/c1-2-29-23-13-17(14-27-15-22(28)18-8-4-3-5-9-18)12-20(25)24(23)30-16-19-10-6-7-11-21(19)26/h3-13,22,27-28H,2,14-16H2,1H3/t22-/m1/s1. The Morgan fingerprint density at radius 1 is 1.03 bits per heavy atom. The minimum absolute atomic E-state index is 0.103. The zero-order valence-corrected chi connectivity index (χ0v) is 18.4. The zero-order chi connectivity index (χ0) is 21.3. The molecule has 30 heavy (non-hydrogen) atoms. The van der Waals surface area contributed by atoms with E-state index >= 15 is 0 Å². The molecule has 0 saturated heterocycles. The highest BCUT2D eigenvalue weighted by Crippen LogP contribution is 2.37. The summed E-state index contributed by atoms with van der Waals surface area (Å²) in [6, 6.07) is 19.9. The molecule has 158 valence electrons. The van der Waals surface area contributed by atoms with Crippen LogP contribution < -0.4 is 14.8 Å². The van der Waals surface area contributed by atoms with Crippen molar-refractivity contribution in [1.29, 1.82) is 0 Å². The number of benzene rings is 3. The van der Waals surface area contributed by atoms with Gasteiger partial charge in [0, 0.05) is 18.7 Å². The summed E-state index contributed by atoms with van der Waals surface area (Å²) in [6.45, 7) is 3.46. The largest absolute Gasteiger partial charge is 0.490 e. The molecule has 0 unspecified atom stereocenters. The lowest BCUT2D eigenvalue weighted by atomic mass is 10.1. The SMILES string of the molecule is CCOc1cc(CNC[C@@H](O)c2ccccc2)cc(Br)c1OCc1ccccc1F. The Hall–Kier alpha value is -2.41. The molecule has 6 heteroatoms. The van der Waals surface area contributed by atoms with Gasteiger partial charge in [0.2, 0.25) is 0 Å². The second-order valence-electron chi connectivity index (χ2n) is 6.78. The fourth-order valence-corrected chi connectivity index (χ4v) is 3.64. The van der Waals surface area contributed by atoms with E-state index in [1.165, 1.54) is 6.07 Å². The molecule has 0 amide bonds. The third kappa shape index (κ3) is 6.05. The number of hydrogen-bond acceptors (Lipinski definition) is 4. The first-order chi connectivity index (χ1) is 14.6. The van der Waals surface area contributed by atoms with E-state index in [0.29, 0.717) is 36.8 Å². The van der Waals surface area contributed by atoms with Gasteiger partial charge in [-0.25, -0.2) is 4.39 Å². The number of nitrogens with one attached hydrogen (secondary N) is 1. The average Bonchev–Trinajstić information content (AvgIpc) is 2.75. The minimum Gasteiger partial charge on any atom is -0.490 e. The van der Waals surface area contributed by atoms with Crippen molar-refractivity contribution in [3.63, 3.8) is 0 Å². The predicted molar refractivity (Wildman–Crippen MR) is 119 cm³/mol. The van der Waals surface area contributed by atoms with Gasteiger partial charge in [-0.15, -0.1) is 0 Å². The molecular weight excluding hydrogens is 449 g/mol. The second kappa shape index (κ2) is 11.1. The van der Waals surface area contributed by atoms with Gasteiger partial charge in [0.05, 0.1) is 17.2 Å². The van der Waals surface area contributed by atoms with E-state index in [0.717, 1.165) is 15.6 Å². The van der Waals surface area contributed by atoms with Crippen molar-refractivity contribution in [1.82, 2.24) is 5.32 Å². The van der Waals surface area contributed by atoms with Crippen LogP contribution in [-0.4, -0.2) is 18.3 Å². The van der Waals surface area contributed by atoms with Gasteiger partial charge in [-0.2, -0.15) is 0 Å². The first-order valence-electron chi connectivity index (χ1n) is 9.83. The van der Waals surface area contributed by atoms with Crippen LogP contribution in [0.15, 0.2) is 71.2 Å². The summed E-state index contributed by atoms with van der Waals surface area (Å²) in [6.07, 6.45) is -0.579. The topological polar surface area (TPSA) is 50.7 Å². The van der Waals surface area contributed by atoms with Crippen LogP contribution in [0.25, 0.3) is 0 Å². The third-order valence-corrected chi connectivity index (χ3v) is 5.14. The second-order valence-corrected chi connectivity index (χ2v) is 7.63. The molecule has 0 bridgehead atoms. The van der Waals surface area contributed by atoms with Crippen LogP contribution in [0, 0.1) is 5.82 Å². The summed E-state index contributed by atoms with van der Waals surface area (Å²) in [5, 5.41) is 13.6. The van der Waals surface area contributed by atoms with Crippen LogP contribution in [0.4, 0.5) is 4.39 Å². The van der Waals surface area contributed by atoms with Gasteiger partial charge in [-0.05, 0) is 52.2 Å². The Bertz CT molecular complexity index is 952. The molecule has 0 aromatic heterocycles. The maximum Gasteiger partial charge on any atom is 0.175 e. The van der Waals surface area contributed by atoms with Crippen molar-refractivity contribution >= 4 is 15.9 Å². The smallest absolute Gasteiger partial charge is 0.175 e. The molecule has 0 radical (unpaired) electrons. The molecule has 3 aromatic rings. The van der Waals surface area contributed by atoms with Gasteiger partial charge in [0.1, 0.15) is 12.4 Å². The maximum atomic E-state index is 13.9. The maximum absolute atomic E-state index is 13.9. The highest BCUT2D eigenvalue weighted by molar-refractivity contribution is 9.10. The van der Waals surface area contributed by atoms with Gasteiger partial charge in [-0.1, -0.05) is 48.5 Å². The lowest BCUT2D eigenvalue weighted by Crippen LogP contribution is -2.21. The van der Waals surface area contributed by atoms with E-state index in [-0.39, 0.29) is 12.4 Å². The van der Waals surface area contributed by atoms with Crippen molar-refractivity contribution in [2.45, 2.75) is 26.2 Å². The fraction of sp³-hybridized carbons (Fsp3) is 0.250. The van der Waals surface area contributed by atoms with E-state index in [9.17, 15) is 9.50 Å². The van der Waals surface area contributed by atoms with Gasteiger partial charge < -0.3 is 19.9 Å². The molecule has 4 nitrogen and oxygen atoms in total. The molecule has 0 aliphatic carbocycles. The van der Waals surface area contributed by atoms with Crippen molar-refractivity contribution in [3.8, 4) is 11.5 Å². The summed E-state index contributed by atoms with van der Waals surface area (Å²) < 4.78 is 26.2. The lowest BCUT2D eigenvalue weighted by molar-refractivity contribution is 0.174. The summed E-state index contributed by atoms with van der Waals surface area (Å²) >= 11 is 3.54. The van der Waals surface area contributed by atoms with Gasteiger partial charge in [0.15, 0.2) is 11.5 Å². The van der Waals surface area contributed by atoms with Gasteiger partial charge in [-0.3, -0.25) is 0 Å². The molecule has 0 aliphatic rings. The van der Waals surface area contributed by atoms with E-state index in [4.69, 9.17) is 9.47 Å². The van der Waals surface area contributed by atoms with Crippen molar-refractivity contribution < 1.29 is 19.0 Å². The van der Waals surface area contributed by atoms with E-state index in [1.807, 2.05) is 49.4 Å². The van der Waals surface area contributed by atoms with E-state index in [2.05, 4.69) is 21.2 Å². The molecule has 3 rings (SSSR count). The Balaban J connectivity index is 1.65. The molecule has 0 heterocycles. The first kappa shape index (κ1) is 22.3. The Morgan fingerprint density at radius 2 is 1.77 bits per heavy atom. The number of hydrogen-bond donors (Lipinski definition) is 2. The van der Waals surface area contributed by atoms with Crippen LogP contribution in [0.1, 0.15) is 29.7 Å². The monoisotopic (exact) mass is 473 g/mol. The molecule has 0 aliphatic heterocycles. The van der Waals surface area contributed by atoms with Crippen LogP contribution in [0.5, 0.6) is 11.5 Å². The summed E-state index contributed by atoms with van der Waals surface area (Å²) in [4.78, 5) is 0. The van der Waals surface area contributed by atoms with E-state index < -0.39 is 6.10 Å². The van der Waals surface area contributed by atoms with Crippen LogP contribution in [0.2, 0.25) is 0 Å². The summed E-state index contributed by atoms with van der Waals surface area (Å²) in [7, 11) is 0. The van der Waals surface area contributed by atoms with Gasteiger partial charge >= 0.3 is 0 Å². The van der Waals surface area contributed by atoms with Gasteiger partial charge in [0.25, 0.3) is 0 Å². The predicted octanol–water partition coefficient (Wildman–Crippen LogP) is 5.39. The number of aliphatic hydroxyl groups excluding tert-OH is 1. The van der Waals surface area contributed by atoms with E-state index in [1.54, 1.807) is 18.2 Å². The zero-order valence-electron chi connectivity index (χ0n) is 16.8. The first-order valence-corrected chi connectivity index (χ1v) is 10.6. The number of ether oxygens (including phenoxy) is 2. The fourth-order valence-electron chi connectivity index (χ4n) is 3.04. The van der Waals surface area contributed by atoms with Crippen LogP contribution in [0.3, 0.4) is 0 Å². The molecule has 1 atom stereocenters. The van der Waals surface area contributed by atoms with Crippen LogP contribution >= 0.6 is 15.9 Å². The number of aliphatic hydroxyl groups is 1. The van der Waals surface area contributed by atoms with Crippen molar-refractivity contribution in [3.05, 3.63) is 93.7 Å². The summed E-state index contributed by atoms with van der Waals surface area (Å²) in [5.74, 6) is 0.821. The van der Waals surface area contributed by atoms with Crippen LogP contribution in [-0.2, 0) is 13.2 Å². The van der Waals surface area contributed by atoms with Crippen molar-refractivity contribution in [2.75, 3.05) is 13.2 Å². The summed E-state index contributed by atoms with van der Waals surface area (Å²) in [5.41, 5.74) is 2.33. The lowest BCUT2D eigenvalue weighted by Gasteiger charge is -2.17. The third-order valence-electron chi connectivity index (χ3n) is 4.55. The number of halogens is 2. The Kier molecular flexibility index (Phi) is 8.25. The van der Waals surface area contributed by atoms with Crippen molar-refractivity contribution in [2.24, 2.45) is 0 Å².